The molecule has 0 aromatic rings. The Labute approximate surface area is 170 Å². The van der Waals surface area contributed by atoms with Crippen molar-refractivity contribution in [3.63, 3.8) is 0 Å². The van der Waals surface area contributed by atoms with Gasteiger partial charge < -0.3 is 19.9 Å². The molecular weight excluding hydrogens is 374 g/mol. The summed E-state index contributed by atoms with van der Waals surface area (Å²) in [6.07, 6.45) is 5.79. The van der Waals surface area contributed by atoms with Crippen LogP contribution in [0.15, 0.2) is 46.8 Å². The number of hydrogen-bond acceptors (Lipinski definition) is 6. The molecule has 0 aromatic heterocycles. The van der Waals surface area contributed by atoms with E-state index < -0.39 is 23.6 Å². The number of Topliss-reactive ketones (excluding diaryl/α,β-unsaturated/α-hetero) is 1. The van der Waals surface area contributed by atoms with E-state index in [9.17, 15) is 19.5 Å². The molecule has 2 bridgehead atoms. The molecule has 0 aromatic carbocycles. The van der Waals surface area contributed by atoms with Crippen molar-refractivity contribution in [1.82, 2.24) is 5.32 Å². The molecule has 7 heteroatoms. The molecule has 3 heterocycles. The molecule has 7 nitrogen and oxygen atoms in total. The van der Waals surface area contributed by atoms with Crippen LogP contribution in [0.2, 0.25) is 0 Å². The predicted octanol–water partition coefficient (Wildman–Crippen LogP) is 2.30. The van der Waals surface area contributed by atoms with Gasteiger partial charge in [0, 0.05) is 11.8 Å². The van der Waals surface area contributed by atoms with Crippen molar-refractivity contribution in [3.05, 3.63) is 46.8 Å². The minimum atomic E-state index is -0.916. The summed E-state index contributed by atoms with van der Waals surface area (Å²) in [4.78, 5) is 35.6. The molecule has 2 N–H and O–H groups in total. The van der Waals surface area contributed by atoms with E-state index in [0.717, 1.165) is 11.1 Å². The quantitative estimate of drug-likeness (QED) is 0.324. The number of nitrogens with one attached hydrogen (secondary N) is 1. The summed E-state index contributed by atoms with van der Waals surface area (Å²) in [6, 6.07) is 0. The summed E-state index contributed by atoms with van der Waals surface area (Å²) in [7, 11) is 0. The van der Waals surface area contributed by atoms with Gasteiger partial charge in [-0.2, -0.15) is 0 Å². The minimum absolute atomic E-state index is 0.0368. The van der Waals surface area contributed by atoms with E-state index in [0.29, 0.717) is 0 Å². The standard InChI is InChI=1S/C22H27NO6/c1-11(6-7-15(24)18-17(26)10-23-21(18)27)8-12(2)19-14(4)20-16(25)9-13(3)22(5,28-19)29-20/h6-9,12,14,19-20,24H,10H2,1-5H3,(H,23,27)/b7-6+,11-8+,18-15+/t12-,14+,19-,20+,22-/m1/s1. The number of hydrogen-bond donors (Lipinski definition) is 2. The molecule has 3 rings (SSSR count). The van der Waals surface area contributed by atoms with Crippen LogP contribution in [0.4, 0.5) is 0 Å². The molecule has 3 aliphatic rings. The number of aliphatic hydroxyl groups is 1. The minimum Gasteiger partial charge on any atom is -0.507 e. The molecule has 0 aliphatic carbocycles. The zero-order valence-electron chi connectivity index (χ0n) is 17.3. The summed E-state index contributed by atoms with van der Waals surface area (Å²) < 4.78 is 12.2. The fraction of sp³-hybridized carbons (Fsp3) is 0.500. The second-order valence-electron chi connectivity index (χ2n) is 8.12. The molecule has 1 amide bonds. The van der Waals surface area contributed by atoms with E-state index in [-0.39, 0.29) is 41.6 Å². The third-order valence-corrected chi connectivity index (χ3v) is 5.78. The molecule has 156 valence electrons. The smallest absolute Gasteiger partial charge is 0.259 e. The summed E-state index contributed by atoms with van der Waals surface area (Å²) in [5.41, 5.74) is 1.36. The Bertz CT molecular complexity index is 862. The largest absolute Gasteiger partial charge is 0.507 e. The fourth-order valence-corrected chi connectivity index (χ4v) is 4.01. The highest BCUT2D eigenvalue weighted by Gasteiger charge is 2.50. The second kappa shape index (κ2) is 7.72. The van der Waals surface area contributed by atoms with Gasteiger partial charge in [-0.05, 0) is 38.5 Å². The van der Waals surface area contributed by atoms with Gasteiger partial charge in [-0.25, -0.2) is 0 Å². The van der Waals surface area contributed by atoms with Gasteiger partial charge in [0.25, 0.3) is 5.91 Å². The average Bonchev–Trinajstić information content (AvgIpc) is 2.98. The molecule has 29 heavy (non-hydrogen) atoms. The zero-order chi connectivity index (χ0) is 21.5. The van der Waals surface area contributed by atoms with Crippen molar-refractivity contribution >= 4 is 17.5 Å². The first-order valence-electron chi connectivity index (χ1n) is 9.73. The highest BCUT2D eigenvalue weighted by Crippen LogP contribution is 2.42. The third-order valence-electron chi connectivity index (χ3n) is 5.78. The van der Waals surface area contributed by atoms with Crippen molar-refractivity contribution in [2.45, 2.75) is 52.6 Å². The number of ether oxygens (including phenoxy) is 2. The summed E-state index contributed by atoms with van der Waals surface area (Å²) in [5, 5.41) is 12.4. The maximum atomic E-state index is 12.3. The molecular formula is C22H27NO6. The highest BCUT2D eigenvalue weighted by molar-refractivity contribution is 6.25. The van der Waals surface area contributed by atoms with Crippen LogP contribution >= 0.6 is 0 Å². The van der Waals surface area contributed by atoms with Crippen LogP contribution in [0, 0.1) is 11.8 Å². The van der Waals surface area contributed by atoms with Crippen LogP contribution in [-0.4, -0.2) is 47.1 Å². The number of fused-ring (bicyclic) bond motifs is 2. The van der Waals surface area contributed by atoms with E-state index in [1.54, 1.807) is 12.2 Å². The second-order valence-corrected chi connectivity index (χ2v) is 8.12. The number of carbonyl (C=O) groups excluding carboxylic acids is 3. The Hall–Kier alpha value is -2.51. The molecule has 0 unspecified atom stereocenters. The Morgan fingerprint density at radius 3 is 2.62 bits per heavy atom. The van der Waals surface area contributed by atoms with Gasteiger partial charge in [0.15, 0.2) is 17.4 Å². The van der Waals surface area contributed by atoms with E-state index in [1.807, 2.05) is 40.7 Å². The van der Waals surface area contributed by atoms with Gasteiger partial charge in [0.05, 0.1) is 12.6 Å². The monoisotopic (exact) mass is 401 g/mol. The van der Waals surface area contributed by atoms with Crippen LogP contribution in [-0.2, 0) is 23.9 Å². The topological polar surface area (TPSA) is 102 Å². The summed E-state index contributed by atoms with van der Waals surface area (Å²) in [6.45, 7) is 9.35. The van der Waals surface area contributed by atoms with Crippen molar-refractivity contribution in [1.29, 1.82) is 0 Å². The number of carbonyl (C=O) groups is 3. The number of rotatable bonds is 4. The first kappa shape index (κ1) is 21.2. The molecule has 2 fully saturated rings. The fourth-order valence-electron chi connectivity index (χ4n) is 4.01. The van der Waals surface area contributed by atoms with Crippen LogP contribution in [0.3, 0.4) is 0 Å². The molecule has 0 saturated carbocycles. The van der Waals surface area contributed by atoms with Crippen molar-refractivity contribution in [2.24, 2.45) is 11.8 Å². The zero-order valence-corrected chi connectivity index (χ0v) is 17.3. The first-order chi connectivity index (χ1) is 13.5. The SMILES string of the molecule is CC1=CC(=O)[C@H]2O[C@@]1(C)O[C@H]([C@H](C)/C=C(C)/C=C/C(O)=C1/C(=O)CNC1=O)[C@@H]2C. The maximum absolute atomic E-state index is 12.3. The predicted molar refractivity (Wildman–Crippen MR) is 106 cm³/mol. The Morgan fingerprint density at radius 1 is 1.31 bits per heavy atom. The third kappa shape index (κ3) is 3.97. The average molecular weight is 401 g/mol. The Morgan fingerprint density at radius 2 is 2.00 bits per heavy atom. The van der Waals surface area contributed by atoms with E-state index in [4.69, 9.17) is 9.47 Å². The lowest BCUT2D eigenvalue weighted by Crippen LogP contribution is -2.58. The first-order valence-corrected chi connectivity index (χ1v) is 9.73. The van der Waals surface area contributed by atoms with Gasteiger partial charge in [-0.15, -0.1) is 0 Å². The van der Waals surface area contributed by atoms with E-state index >= 15 is 0 Å². The normalized spacial score (nSPS) is 35.6. The van der Waals surface area contributed by atoms with Gasteiger partial charge in [-0.3, -0.25) is 14.4 Å². The van der Waals surface area contributed by atoms with Crippen molar-refractivity contribution < 1.29 is 29.0 Å². The Balaban J connectivity index is 1.77. The van der Waals surface area contributed by atoms with Gasteiger partial charge in [0.1, 0.15) is 17.4 Å². The number of allylic oxidation sites excluding steroid dienone is 3. The summed E-state index contributed by atoms with van der Waals surface area (Å²) >= 11 is 0. The van der Waals surface area contributed by atoms with Crippen LogP contribution < -0.4 is 5.32 Å². The molecule has 0 radical (unpaired) electrons. The maximum Gasteiger partial charge on any atom is 0.259 e. The molecule has 2 saturated heterocycles. The van der Waals surface area contributed by atoms with E-state index in [2.05, 4.69) is 5.32 Å². The van der Waals surface area contributed by atoms with Gasteiger partial charge in [0.2, 0.25) is 0 Å². The van der Waals surface area contributed by atoms with E-state index in [1.165, 1.54) is 6.08 Å². The number of ketones is 2. The highest BCUT2D eigenvalue weighted by atomic mass is 16.7. The number of amides is 1. The van der Waals surface area contributed by atoms with Crippen molar-refractivity contribution in [2.75, 3.05) is 6.54 Å². The van der Waals surface area contributed by atoms with Crippen LogP contribution in [0.25, 0.3) is 0 Å². The van der Waals surface area contributed by atoms with Crippen LogP contribution in [0.5, 0.6) is 0 Å². The lowest BCUT2D eigenvalue weighted by atomic mass is 9.82. The molecule has 5 atom stereocenters. The Kier molecular flexibility index (Phi) is 5.65. The number of aliphatic hydroxyl groups excluding tert-OH is 1. The summed E-state index contributed by atoms with van der Waals surface area (Å²) in [5.74, 6) is -2.46. The lowest BCUT2D eigenvalue weighted by molar-refractivity contribution is -0.309. The van der Waals surface area contributed by atoms with Gasteiger partial charge in [-0.1, -0.05) is 31.6 Å². The van der Waals surface area contributed by atoms with Crippen molar-refractivity contribution in [3.8, 4) is 0 Å². The molecule has 3 aliphatic heterocycles. The van der Waals surface area contributed by atoms with Crippen LogP contribution in [0.1, 0.15) is 34.6 Å². The molecule has 0 spiro atoms. The van der Waals surface area contributed by atoms with Gasteiger partial charge >= 0.3 is 0 Å². The lowest BCUT2D eigenvalue weighted by Gasteiger charge is -2.49.